The van der Waals surface area contributed by atoms with Gasteiger partial charge in [-0.1, -0.05) is 66.7 Å². The lowest BCUT2D eigenvalue weighted by molar-refractivity contribution is -0.593. The van der Waals surface area contributed by atoms with E-state index in [9.17, 15) is 0 Å². The van der Waals surface area contributed by atoms with Crippen LogP contribution in [0.2, 0.25) is 0 Å². The minimum Gasteiger partial charge on any atom is -0.397 e. The summed E-state index contributed by atoms with van der Waals surface area (Å²) in [7, 11) is 0. The van der Waals surface area contributed by atoms with Crippen molar-refractivity contribution in [2.75, 3.05) is 0 Å². The smallest absolute Gasteiger partial charge is 0.387 e. The number of aryl methyl sites for hydroxylation is 1. The Balaban J connectivity index is 2.02. The zero-order chi connectivity index (χ0) is 17.2. The Morgan fingerprint density at radius 1 is 0.640 bits per heavy atom. The molecule has 2 heteroatoms. The summed E-state index contributed by atoms with van der Waals surface area (Å²) in [6, 6.07) is 28.9. The van der Waals surface area contributed by atoms with Crippen molar-refractivity contribution in [1.29, 1.82) is 0 Å². The molecule has 4 aromatic rings. The van der Waals surface area contributed by atoms with E-state index in [0.717, 1.165) is 34.2 Å². The van der Waals surface area contributed by atoms with Gasteiger partial charge in [0, 0.05) is 24.1 Å². The number of aromatic nitrogens is 1. The number of rotatable bonds is 3. The highest BCUT2D eigenvalue weighted by Gasteiger charge is 2.30. The zero-order valence-corrected chi connectivity index (χ0v) is 14.4. The molecule has 3 aromatic carbocycles. The third-order valence-corrected chi connectivity index (χ3v) is 4.48. The average molecular weight is 326 g/mol. The fraction of sp³-hybridized carbons (Fsp3) is 0.0870. The number of para-hydroxylation sites is 1. The Morgan fingerprint density at radius 3 is 1.84 bits per heavy atom. The summed E-state index contributed by atoms with van der Waals surface area (Å²) in [6.45, 7) is 4.25. The van der Waals surface area contributed by atoms with Gasteiger partial charge in [0.15, 0.2) is 0 Å². The summed E-state index contributed by atoms with van der Waals surface area (Å²) in [4.78, 5) is 0. The monoisotopic (exact) mass is 326 g/mol. The maximum absolute atomic E-state index is 6.39. The van der Waals surface area contributed by atoms with Crippen LogP contribution in [0.4, 0.5) is 0 Å². The van der Waals surface area contributed by atoms with Gasteiger partial charge in [-0.3, -0.25) is 0 Å². The van der Waals surface area contributed by atoms with Crippen LogP contribution in [0, 0.1) is 13.8 Å². The SMILES string of the molecule is Cc1ccccc1-[n+]1c(-c2ccccc2)oc(-c2ccccc2)c1C. The quantitative estimate of drug-likeness (QED) is 0.454. The van der Waals surface area contributed by atoms with E-state index >= 15 is 0 Å². The van der Waals surface area contributed by atoms with Crippen molar-refractivity contribution in [2.45, 2.75) is 13.8 Å². The van der Waals surface area contributed by atoms with E-state index in [-0.39, 0.29) is 0 Å². The molecular weight excluding hydrogens is 306 g/mol. The molecule has 122 valence electrons. The molecule has 0 bridgehead atoms. The molecule has 4 rings (SSSR count). The molecule has 0 radical (unpaired) electrons. The molecule has 0 aliphatic carbocycles. The number of hydrogen-bond donors (Lipinski definition) is 0. The van der Waals surface area contributed by atoms with Crippen molar-refractivity contribution in [3.63, 3.8) is 0 Å². The molecule has 0 N–H and O–H groups in total. The largest absolute Gasteiger partial charge is 0.397 e. The van der Waals surface area contributed by atoms with Crippen LogP contribution in [0.15, 0.2) is 89.3 Å². The number of nitrogens with zero attached hydrogens (tertiary/aromatic N) is 1. The Hall–Kier alpha value is -3.13. The lowest BCUT2D eigenvalue weighted by Gasteiger charge is -2.01. The van der Waals surface area contributed by atoms with Crippen LogP contribution < -0.4 is 4.57 Å². The molecule has 0 aliphatic heterocycles. The van der Waals surface area contributed by atoms with Gasteiger partial charge in [-0.25, -0.2) is 0 Å². The second kappa shape index (κ2) is 6.40. The predicted octanol–water partition coefficient (Wildman–Crippen LogP) is 5.51. The predicted molar refractivity (Wildman–Crippen MR) is 101 cm³/mol. The number of hydrogen-bond acceptors (Lipinski definition) is 1. The summed E-state index contributed by atoms with van der Waals surface area (Å²) in [5, 5.41) is 0. The molecule has 0 fully saturated rings. The highest BCUT2D eigenvalue weighted by molar-refractivity contribution is 5.62. The van der Waals surface area contributed by atoms with Gasteiger partial charge in [0.25, 0.3) is 0 Å². The Labute approximate surface area is 148 Å². The summed E-state index contributed by atoms with van der Waals surface area (Å²) in [5.74, 6) is 1.76. The Morgan fingerprint density at radius 2 is 1.20 bits per heavy atom. The number of benzene rings is 3. The van der Waals surface area contributed by atoms with Crippen molar-refractivity contribution in [3.8, 4) is 28.5 Å². The third kappa shape index (κ3) is 2.76. The second-order valence-corrected chi connectivity index (χ2v) is 6.18. The van der Waals surface area contributed by atoms with E-state index in [2.05, 4.69) is 66.9 Å². The molecule has 0 saturated carbocycles. The van der Waals surface area contributed by atoms with Crippen molar-refractivity contribution in [2.24, 2.45) is 0 Å². The molecule has 0 spiro atoms. The normalized spacial score (nSPS) is 10.8. The van der Waals surface area contributed by atoms with Crippen molar-refractivity contribution < 1.29 is 8.98 Å². The van der Waals surface area contributed by atoms with E-state index < -0.39 is 0 Å². The molecule has 2 nitrogen and oxygen atoms in total. The van der Waals surface area contributed by atoms with Crippen LogP contribution >= 0.6 is 0 Å². The maximum Gasteiger partial charge on any atom is 0.387 e. The molecule has 0 saturated heterocycles. The van der Waals surface area contributed by atoms with Crippen LogP contribution in [0.3, 0.4) is 0 Å². The van der Waals surface area contributed by atoms with Crippen LogP contribution in [0.25, 0.3) is 28.5 Å². The van der Waals surface area contributed by atoms with Gasteiger partial charge in [-0.05, 0) is 19.1 Å². The highest BCUT2D eigenvalue weighted by atomic mass is 16.4. The first kappa shape index (κ1) is 15.4. The standard InChI is InChI=1S/C23H20NO/c1-17-11-9-10-16-21(17)24-18(2)22(19-12-5-3-6-13-19)25-23(24)20-14-7-4-8-15-20/h3-16H,1-2H3/q+1. The van der Waals surface area contributed by atoms with Crippen molar-refractivity contribution in [3.05, 3.63) is 96.2 Å². The van der Waals surface area contributed by atoms with Crippen LogP contribution in [-0.2, 0) is 0 Å². The van der Waals surface area contributed by atoms with Gasteiger partial charge in [-0.15, -0.1) is 4.57 Å². The molecule has 0 atom stereocenters. The topological polar surface area (TPSA) is 17.0 Å². The first-order valence-corrected chi connectivity index (χ1v) is 8.48. The molecule has 1 heterocycles. The van der Waals surface area contributed by atoms with E-state index in [0.29, 0.717) is 0 Å². The van der Waals surface area contributed by atoms with Crippen LogP contribution in [-0.4, -0.2) is 0 Å². The zero-order valence-electron chi connectivity index (χ0n) is 14.4. The number of oxazole rings is 1. The Bertz CT molecular complexity index is 1000. The summed E-state index contributed by atoms with van der Waals surface area (Å²) in [5.41, 5.74) is 5.61. The van der Waals surface area contributed by atoms with Crippen molar-refractivity contribution >= 4 is 0 Å². The fourth-order valence-electron chi connectivity index (χ4n) is 3.20. The van der Waals surface area contributed by atoms with Gasteiger partial charge in [0.05, 0.1) is 5.56 Å². The van der Waals surface area contributed by atoms with Crippen molar-refractivity contribution in [1.82, 2.24) is 0 Å². The summed E-state index contributed by atoms with van der Waals surface area (Å²) in [6.07, 6.45) is 0. The fourth-order valence-corrected chi connectivity index (χ4v) is 3.20. The molecular formula is C23H20NO+. The van der Waals surface area contributed by atoms with Gasteiger partial charge >= 0.3 is 5.89 Å². The third-order valence-electron chi connectivity index (χ3n) is 4.48. The molecule has 0 unspecified atom stereocenters. The minimum absolute atomic E-state index is 0.853. The minimum atomic E-state index is 0.853. The maximum atomic E-state index is 6.39. The first-order chi connectivity index (χ1) is 12.3. The van der Waals surface area contributed by atoms with E-state index in [1.165, 1.54) is 5.56 Å². The molecule has 25 heavy (non-hydrogen) atoms. The van der Waals surface area contributed by atoms with E-state index in [4.69, 9.17) is 4.42 Å². The van der Waals surface area contributed by atoms with Gasteiger partial charge in [0.2, 0.25) is 17.1 Å². The Kier molecular flexibility index (Phi) is 3.95. The van der Waals surface area contributed by atoms with Gasteiger partial charge in [0.1, 0.15) is 0 Å². The lowest BCUT2D eigenvalue weighted by Crippen LogP contribution is -2.35. The van der Waals surface area contributed by atoms with E-state index in [1.54, 1.807) is 0 Å². The lowest BCUT2D eigenvalue weighted by atomic mass is 10.1. The molecule has 0 aliphatic rings. The molecule has 1 aromatic heterocycles. The highest BCUT2D eigenvalue weighted by Crippen LogP contribution is 2.29. The first-order valence-electron chi connectivity index (χ1n) is 8.48. The van der Waals surface area contributed by atoms with Crippen LogP contribution in [0.1, 0.15) is 11.3 Å². The van der Waals surface area contributed by atoms with Gasteiger partial charge in [-0.2, -0.15) is 0 Å². The van der Waals surface area contributed by atoms with E-state index in [1.807, 2.05) is 36.4 Å². The summed E-state index contributed by atoms with van der Waals surface area (Å²) >= 11 is 0. The average Bonchev–Trinajstić information content (AvgIpc) is 3.01. The summed E-state index contributed by atoms with van der Waals surface area (Å²) < 4.78 is 8.61. The molecule has 0 amide bonds. The second-order valence-electron chi connectivity index (χ2n) is 6.18. The van der Waals surface area contributed by atoms with Gasteiger partial charge < -0.3 is 4.42 Å². The van der Waals surface area contributed by atoms with Crippen LogP contribution in [0.5, 0.6) is 0 Å².